The van der Waals surface area contributed by atoms with Gasteiger partial charge in [-0.3, -0.25) is 9.59 Å². The Kier molecular flexibility index (Phi) is 5.11. The highest BCUT2D eigenvalue weighted by atomic mass is 35.5. The van der Waals surface area contributed by atoms with Gasteiger partial charge in [0.15, 0.2) is 5.09 Å². The number of furan rings is 1. The second kappa shape index (κ2) is 7.68. The lowest BCUT2D eigenvalue weighted by molar-refractivity contribution is -0.113. The third-order valence-electron chi connectivity index (χ3n) is 3.72. The summed E-state index contributed by atoms with van der Waals surface area (Å²) in [5.41, 5.74) is 0.491. The summed E-state index contributed by atoms with van der Waals surface area (Å²) in [6.45, 7) is 0. The molecule has 2 amide bonds. The number of amides is 2. The summed E-state index contributed by atoms with van der Waals surface area (Å²) >= 11 is 8.24. The third-order valence-corrected chi connectivity index (χ3v) is 5.77. The van der Waals surface area contributed by atoms with E-state index in [2.05, 4.69) is 0 Å². The number of imide groups is 1. The number of thioether (sulfide) groups is 1. The van der Waals surface area contributed by atoms with Gasteiger partial charge in [-0.2, -0.15) is 0 Å². The zero-order valence-corrected chi connectivity index (χ0v) is 16.2. The van der Waals surface area contributed by atoms with Crippen LogP contribution in [0.15, 0.2) is 86.0 Å². The van der Waals surface area contributed by atoms with E-state index < -0.39 is 0 Å². The number of hydrogen-bond donors (Lipinski definition) is 0. The van der Waals surface area contributed by atoms with Gasteiger partial charge in [0.25, 0.3) is 11.1 Å². The van der Waals surface area contributed by atoms with Crippen molar-refractivity contribution >= 4 is 58.0 Å². The molecule has 27 heavy (non-hydrogen) atoms. The minimum Gasteiger partial charge on any atom is -0.450 e. The first-order chi connectivity index (χ1) is 13.1. The third kappa shape index (κ3) is 3.98. The highest BCUT2D eigenvalue weighted by Gasteiger charge is 2.36. The van der Waals surface area contributed by atoms with Crippen LogP contribution < -0.4 is 4.90 Å². The van der Waals surface area contributed by atoms with Crippen molar-refractivity contribution in [2.75, 3.05) is 4.90 Å². The molecule has 0 aliphatic carbocycles. The number of carbonyl (C=O) groups is 2. The first-order valence-electron chi connectivity index (χ1n) is 7.96. The maximum absolute atomic E-state index is 12.6. The summed E-state index contributed by atoms with van der Waals surface area (Å²) in [5, 5.41) is 0.906. The predicted octanol–water partition coefficient (Wildman–Crippen LogP) is 6.33. The summed E-state index contributed by atoms with van der Waals surface area (Å²) in [4.78, 5) is 27.4. The Bertz CT molecular complexity index is 1030. The molecule has 4 nitrogen and oxygen atoms in total. The van der Waals surface area contributed by atoms with Gasteiger partial charge in [0.1, 0.15) is 5.76 Å². The number of carbonyl (C=O) groups excluding carboxylic acids is 2. The van der Waals surface area contributed by atoms with E-state index in [1.54, 1.807) is 36.4 Å². The molecule has 1 saturated heterocycles. The highest BCUT2D eigenvalue weighted by Crippen LogP contribution is 2.37. The van der Waals surface area contributed by atoms with E-state index >= 15 is 0 Å². The average Bonchev–Trinajstić information content (AvgIpc) is 3.21. The van der Waals surface area contributed by atoms with E-state index in [0.29, 0.717) is 26.5 Å². The van der Waals surface area contributed by atoms with Crippen LogP contribution in [0.5, 0.6) is 0 Å². The number of halogens is 1. The van der Waals surface area contributed by atoms with E-state index in [9.17, 15) is 9.59 Å². The van der Waals surface area contributed by atoms with Crippen molar-refractivity contribution in [1.82, 2.24) is 0 Å². The molecule has 3 aromatic rings. The van der Waals surface area contributed by atoms with Crippen molar-refractivity contribution in [3.05, 3.63) is 82.4 Å². The predicted molar refractivity (Wildman–Crippen MR) is 109 cm³/mol. The molecule has 0 spiro atoms. The Morgan fingerprint density at radius 1 is 0.963 bits per heavy atom. The summed E-state index contributed by atoms with van der Waals surface area (Å²) < 4.78 is 5.76. The molecule has 2 heterocycles. The normalized spacial score (nSPS) is 15.7. The van der Waals surface area contributed by atoms with Crippen LogP contribution in [0.25, 0.3) is 6.08 Å². The smallest absolute Gasteiger partial charge is 0.298 e. The molecule has 4 rings (SSSR count). The van der Waals surface area contributed by atoms with Crippen LogP contribution in [0.1, 0.15) is 5.76 Å². The second-order valence-electron chi connectivity index (χ2n) is 5.57. The zero-order valence-electron chi connectivity index (χ0n) is 13.8. The van der Waals surface area contributed by atoms with Gasteiger partial charge in [-0.15, -0.1) is 0 Å². The van der Waals surface area contributed by atoms with Crippen LogP contribution in [0.4, 0.5) is 10.5 Å². The zero-order chi connectivity index (χ0) is 18.8. The Morgan fingerprint density at radius 2 is 1.70 bits per heavy atom. The van der Waals surface area contributed by atoms with Gasteiger partial charge in [0.2, 0.25) is 0 Å². The first-order valence-corrected chi connectivity index (χ1v) is 9.97. The highest BCUT2D eigenvalue weighted by molar-refractivity contribution is 8.19. The lowest BCUT2D eigenvalue weighted by atomic mass is 10.3. The summed E-state index contributed by atoms with van der Waals surface area (Å²) in [6.07, 6.45) is 1.59. The molecular weight excluding hydrogens is 402 g/mol. The van der Waals surface area contributed by atoms with Crippen molar-refractivity contribution in [3.63, 3.8) is 0 Å². The molecule has 134 valence electrons. The lowest BCUT2D eigenvalue weighted by Crippen LogP contribution is -2.27. The van der Waals surface area contributed by atoms with Crippen molar-refractivity contribution in [2.45, 2.75) is 9.99 Å². The minimum absolute atomic E-state index is 0.320. The quantitative estimate of drug-likeness (QED) is 0.468. The van der Waals surface area contributed by atoms with E-state index in [-0.39, 0.29) is 11.1 Å². The topological polar surface area (TPSA) is 50.5 Å². The van der Waals surface area contributed by atoms with Crippen molar-refractivity contribution in [1.29, 1.82) is 0 Å². The van der Waals surface area contributed by atoms with Crippen molar-refractivity contribution in [2.24, 2.45) is 0 Å². The van der Waals surface area contributed by atoms with Crippen LogP contribution in [0, 0.1) is 0 Å². The first kappa shape index (κ1) is 18.0. The van der Waals surface area contributed by atoms with E-state index in [0.717, 1.165) is 21.6 Å². The van der Waals surface area contributed by atoms with Crippen LogP contribution in [-0.4, -0.2) is 11.1 Å². The molecule has 1 aliphatic heterocycles. The SMILES string of the molecule is O=C1S/C(=C/c2ccc(Sc3ccccc3)o2)C(=O)N1c1ccc(Cl)cc1. The average molecular weight is 414 g/mol. The van der Waals surface area contributed by atoms with Crippen LogP contribution in [-0.2, 0) is 4.79 Å². The molecule has 0 unspecified atom stereocenters. The minimum atomic E-state index is -0.374. The number of rotatable bonds is 4. The molecular formula is C20H12ClNO3S2. The number of hydrogen-bond acceptors (Lipinski definition) is 5. The van der Waals surface area contributed by atoms with E-state index in [1.165, 1.54) is 11.8 Å². The molecule has 1 aliphatic rings. The van der Waals surface area contributed by atoms with Gasteiger partial charge in [-0.1, -0.05) is 41.6 Å². The van der Waals surface area contributed by atoms with Gasteiger partial charge >= 0.3 is 0 Å². The second-order valence-corrected chi connectivity index (χ2v) is 8.07. The number of benzene rings is 2. The number of nitrogens with zero attached hydrogens (tertiary/aromatic N) is 1. The Labute approximate surface area is 169 Å². The van der Waals surface area contributed by atoms with Crippen LogP contribution in [0.2, 0.25) is 5.02 Å². The molecule has 2 aromatic carbocycles. The molecule has 1 fully saturated rings. The molecule has 1 aromatic heterocycles. The van der Waals surface area contributed by atoms with Gasteiger partial charge in [0.05, 0.1) is 10.6 Å². The van der Waals surface area contributed by atoms with Gasteiger partial charge in [-0.05, 0) is 60.3 Å². The van der Waals surface area contributed by atoms with Gasteiger partial charge in [0, 0.05) is 16.0 Å². The van der Waals surface area contributed by atoms with Crippen LogP contribution >= 0.6 is 35.1 Å². The Hall–Kier alpha value is -2.41. The summed E-state index contributed by atoms with van der Waals surface area (Å²) in [6, 6.07) is 20.0. The van der Waals surface area contributed by atoms with Crippen molar-refractivity contribution in [3.8, 4) is 0 Å². The van der Waals surface area contributed by atoms with Gasteiger partial charge < -0.3 is 4.42 Å². The fraction of sp³-hybridized carbons (Fsp3) is 0. The molecule has 0 radical (unpaired) electrons. The summed E-state index contributed by atoms with van der Waals surface area (Å²) in [5.74, 6) is 0.149. The largest absolute Gasteiger partial charge is 0.450 e. The van der Waals surface area contributed by atoms with E-state index in [4.69, 9.17) is 16.0 Å². The lowest BCUT2D eigenvalue weighted by Gasteiger charge is -2.11. The van der Waals surface area contributed by atoms with Crippen molar-refractivity contribution < 1.29 is 14.0 Å². The maximum atomic E-state index is 12.6. The fourth-order valence-corrected chi connectivity index (χ4v) is 4.23. The molecule has 0 saturated carbocycles. The Balaban J connectivity index is 1.53. The van der Waals surface area contributed by atoms with Gasteiger partial charge in [-0.25, -0.2) is 4.90 Å². The molecule has 0 N–H and O–H groups in total. The standard InChI is InChI=1S/C20H12ClNO3S2/c21-13-6-8-14(9-7-13)22-19(23)17(27-20(22)24)12-15-10-11-18(25-15)26-16-4-2-1-3-5-16/h1-12H/b17-12+. The monoisotopic (exact) mass is 413 g/mol. The Morgan fingerprint density at radius 3 is 2.44 bits per heavy atom. The number of anilines is 1. The van der Waals surface area contributed by atoms with Crippen LogP contribution in [0.3, 0.4) is 0 Å². The van der Waals surface area contributed by atoms with E-state index in [1.807, 2.05) is 36.4 Å². The molecule has 7 heteroatoms. The fourth-order valence-electron chi connectivity index (χ4n) is 2.48. The summed E-state index contributed by atoms with van der Waals surface area (Å²) in [7, 11) is 0. The molecule has 0 bridgehead atoms. The molecule has 0 atom stereocenters. The maximum Gasteiger partial charge on any atom is 0.298 e.